The minimum atomic E-state index is -0.865. The lowest BCUT2D eigenvalue weighted by Gasteiger charge is -2.39. The minimum absolute atomic E-state index is 0.0488. The lowest BCUT2D eigenvalue weighted by atomic mass is 9.91. The fraction of sp³-hybridized carbons (Fsp3) is 0.477. The van der Waals surface area contributed by atoms with Crippen molar-refractivity contribution in [2.24, 2.45) is 4.99 Å². The molecule has 13 heteroatoms. The number of piperidine rings is 1. The van der Waals surface area contributed by atoms with E-state index in [1.54, 1.807) is 13.8 Å². The first-order valence-corrected chi connectivity index (χ1v) is 19.8. The number of nitrogens with one attached hydrogen (secondary N) is 2. The summed E-state index contributed by atoms with van der Waals surface area (Å²) in [6.45, 7) is 4.73. The van der Waals surface area contributed by atoms with Gasteiger partial charge in [0.2, 0.25) is 11.8 Å². The number of hydrogen-bond acceptors (Lipinski definition) is 9. The summed E-state index contributed by atoms with van der Waals surface area (Å²) in [6, 6.07) is 15.2. The molecule has 0 radical (unpaired) electrons. The number of allylic oxidation sites excluding steroid dienone is 4. The Hall–Kier alpha value is -5.27. The number of carbonyl (C=O) groups is 4. The second kappa shape index (κ2) is 18.8. The van der Waals surface area contributed by atoms with Crippen molar-refractivity contribution < 1.29 is 38.1 Å². The zero-order valence-corrected chi connectivity index (χ0v) is 33.8. The van der Waals surface area contributed by atoms with Gasteiger partial charge in [-0.05, 0) is 91.3 Å². The normalized spacial score (nSPS) is 21.4. The molecule has 1 aliphatic carbocycles. The molecule has 2 fully saturated rings. The van der Waals surface area contributed by atoms with Crippen molar-refractivity contribution in [1.29, 1.82) is 0 Å². The summed E-state index contributed by atoms with van der Waals surface area (Å²) < 4.78 is 20.4. The second-order valence-corrected chi connectivity index (χ2v) is 15.1. The van der Waals surface area contributed by atoms with Crippen LogP contribution in [0.1, 0.15) is 69.9 Å². The van der Waals surface area contributed by atoms with Crippen molar-refractivity contribution in [3.8, 4) is 11.1 Å². The SMILES string of the molecule is COC(=O)N[C@H](C(=O)N1CCCC[C@H]1C1=CC=C(c2ccc(-c3ccc(C4=CN=C([C@@H]5CCCN5C(=O)[C@@H](NC(=O)OC)[C@@H](C)OC)C4)cc3)cc2)C1)[C@@H](C)OC. The van der Waals surface area contributed by atoms with Gasteiger partial charge in [-0.15, -0.1) is 0 Å². The van der Waals surface area contributed by atoms with Crippen LogP contribution in [-0.2, 0) is 28.5 Å². The van der Waals surface area contributed by atoms with Crippen LogP contribution in [0.3, 0.4) is 0 Å². The Morgan fingerprint density at radius 2 is 1.12 bits per heavy atom. The number of rotatable bonds is 13. The van der Waals surface area contributed by atoms with Gasteiger partial charge in [0, 0.05) is 45.6 Å². The fourth-order valence-corrected chi connectivity index (χ4v) is 8.27. The van der Waals surface area contributed by atoms with E-state index in [1.165, 1.54) is 39.6 Å². The van der Waals surface area contributed by atoms with Crippen LogP contribution >= 0.6 is 0 Å². The number of ether oxygens (including phenoxy) is 4. The number of alkyl carbamates (subject to hydrolysis) is 2. The maximum Gasteiger partial charge on any atom is 0.407 e. The van der Waals surface area contributed by atoms with Crippen LogP contribution in [-0.4, -0.2) is 117 Å². The number of benzene rings is 2. The van der Waals surface area contributed by atoms with E-state index in [4.69, 9.17) is 23.9 Å². The molecule has 4 aliphatic rings. The molecule has 0 unspecified atom stereocenters. The molecule has 3 aliphatic heterocycles. The second-order valence-electron chi connectivity index (χ2n) is 15.1. The van der Waals surface area contributed by atoms with E-state index in [0.29, 0.717) is 19.5 Å². The standard InChI is InChI=1S/C44H55N5O8/c1-27(54-3)39(46-43(52)56-5)41(50)48-22-8-7-10-37(48)34-21-20-33(24-34)31-16-12-29(13-17-31)30-14-18-32(19-15-30)35-25-36(45-26-35)38-11-9-23-49(38)42(51)40(28(2)55-4)47-44(53)57-6/h12-21,26-28,37-40H,7-11,22-25H2,1-6H3,(H,46,52)(H,47,53)/t27-,28-,37+,38+,39+,40+/m1/s1. The van der Waals surface area contributed by atoms with Gasteiger partial charge in [-0.1, -0.05) is 60.7 Å². The van der Waals surface area contributed by atoms with Gasteiger partial charge in [-0.25, -0.2) is 9.59 Å². The van der Waals surface area contributed by atoms with Gasteiger partial charge in [-0.2, -0.15) is 0 Å². The van der Waals surface area contributed by atoms with Crippen molar-refractivity contribution in [2.75, 3.05) is 41.5 Å². The maximum atomic E-state index is 13.8. The Morgan fingerprint density at radius 1 is 0.632 bits per heavy atom. The van der Waals surface area contributed by atoms with Gasteiger partial charge < -0.3 is 39.4 Å². The number of nitrogens with zero attached hydrogens (tertiary/aromatic N) is 3. The summed E-state index contributed by atoms with van der Waals surface area (Å²) in [5.74, 6) is -0.365. The van der Waals surface area contributed by atoms with Gasteiger partial charge in [0.15, 0.2) is 0 Å². The van der Waals surface area contributed by atoms with Crippen LogP contribution in [0.4, 0.5) is 9.59 Å². The van der Waals surface area contributed by atoms with Crippen molar-refractivity contribution in [3.05, 3.63) is 83.6 Å². The molecule has 13 nitrogen and oxygen atoms in total. The first-order chi connectivity index (χ1) is 27.6. The van der Waals surface area contributed by atoms with E-state index in [1.807, 2.05) is 16.0 Å². The van der Waals surface area contributed by atoms with Gasteiger partial charge in [0.1, 0.15) is 12.1 Å². The smallest absolute Gasteiger partial charge is 0.407 e. The lowest BCUT2D eigenvalue weighted by molar-refractivity contribution is -0.139. The number of amides is 4. The third-order valence-electron chi connectivity index (χ3n) is 11.8. The summed E-state index contributed by atoms with van der Waals surface area (Å²) >= 11 is 0. The molecule has 2 N–H and O–H groups in total. The molecular formula is C44H55N5O8. The highest BCUT2D eigenvalue weighted by atomic mass is 16.5. The molecular weight excluding hydrogens is 727 g/mol. The van der Waals surface area contributed by atoms with Gasteiger partial charge >= 0.3 is 12.2 Å². The van der Waals surface area contributed by atoms with Crippen LogP contribution < -0.4 is 10.6 Å². The molecule has 6 rings (SSSR count). The molecule has 304 valence electrons. The molecule has 0 saturated carbocycles. The van der Waals surface area contributed by atoms with Crippen molar-refractivity contribution in [2.45, 2.75) is 95.2 Å². The Balaban J connectivity index is 1.05. The van der Waals surface area contributed by atoms with E-state index in [0.717, 1.165) is 72.1 Å². The third-order valence-corrected chi connectivity index (χ3v) is 11.8. The van der Waals surface area contributed by atoms with E-state index in [9.17, 15) is 19.2 Å². The first kappa shape index (κ1) is 41.4. The number of likely N-dealkylation sites (tertiary alicyclic amines) is 2. The third kappa shape index (κ3) is 9.31. The Labute approximate surface area is 335 Å². The van der Waals surface area contributed by atoms with Crippen molar-refractivity contribution >= 4 is 40.9 Å². The van der Waals surface area contributed by atoms with Gasteiger partial charge in [0.25, 0.3) is 0 Å². The summed E-state index contributed by atoms with van der Waals surface area (Å²) in [6.07, 6.45) is 9.69. The number of aliphatic imine (C=N–C) groups is 1. The van der Waals surface area contributed by atoms with Crippen molar-refractivity contribution in [1.82, 2.24) is 20.4 Å². The average molecular weight is 782 g/mol. The molecule has 2 aromatic rings. The number of methoxy groups -OCH3 is 4. The predicted octanol–water partition coefficient (Wildman–Crippen LogP) is 6.14. The van der Waals surface area contributed by atoms with Gasteiger partial charge in [0.05, 0.1) is 38.5 Å². The van der Waals surface area contributed by atoms with Crippen LogP contribution in [0.2, 0.25) is 0 Å². The highest BCUT2D eigenvalue weighted by Gasteiger charge is 2.40. The highest BCUT2D eigenvalue weighted by Crippen LogP contribution is 2.37. The van der Waals surface area contributed by atoms with Crippen LogP contribution in [0.5, 0.6) is 0 Å². The molecule has 0 spiro atoms. The number of carbonyl (C=O) groups excluding carboxylic acids is 4. The van der Waals surface area contributed by atoms with E-state index < -0.39 is 36.5 Å². The largest absolute Gasteiger partial charge is 0.453 e. The van der Waals surface area contributed by atoms with Crippen LogP contribution in [0, 0.1) is 0 Å². The van der Waals surface area contributed by atoms with Gasteiger partial charge in [-0.3, -0.25) is 14.6 Å². The Morgan fingerprint density at radius 3 is 1.67 bits per heavy atom. The molecule has 57 heavy (non-hydrogen) atoms. The topological polar surface area (TPSA) is 148 Å². The monoisotopic (exact) mass is 781 g/mol. The molecule has 2 aromatic carbocycles. The summed E-state index contributed by atoms with van der Waals surface area (Å²) in [5, 5.41) is 5.32. The summed E-state index contributed by atoms with van der Waals surface area (Å²) in [4.78, 5) is 60.1. The van der Waals surface area contributed by atoms with E-state index in [-0.39, 0.29) is 23.9 Å². The summed E-state index contributed by atoms with van der Waals surface area (Å²) in [5.41, 5.74) is 8.86. The molecule has 0 bridgehead atoms. The average Bonchev–Trinajstić information content (AvgIpc) is 4.06. The van der Waals surface area contributed by atoms with Crippen LogP contribution in [0.15, 0.2) is 77.4 Å². The van der Waals surface area contributed by atoms with E-state index >= 15 is 0 Å². The Kier molecular flexibility index (Phi) is 13.6. The van der Waals surface area contributed by atoms with Crippen LogP contribution in [0.25, 0.3) is 22.3 Å². The molecule has 0 aromatic heterocycles. The zero-order chi connectivity index (χ0) is 40.6. The van der Waals surface area contributed by atoms with Crippen molar-refractivity contribution in [3.63, 3.8) is 0 Å². The maximum absolute atomic E-state index is 13.8. The summed E-state index contributed by atoms with van der Waals surface area (Å²) in [7, 11) is 5.59. The molecule has 2 saturated heterocycles. The predicted molar refractivity (Wildman–Crippen MR) is 218 cm³/mol. The lowest BCUT2D eigenvalue weighted by Crippen LogP contribution is -2.57. The van der Waals surface area contributed by atoms with E-state index in [2.05, 4.69) is 71.3 Å². The Bertz CT molecular complexity index is 1920. The molecule has 4 amide bonds. The molecule has 3 heterocycles. The fourth-order valence-electron chi connectivity index (χ4n) is 8.27. The first-order valence-electron chi connectivity index (χ1n) is 19.8. The quantitative estimate of drug-likeness (QED) is 0.246. The highest BCUT2D eigenvalue weighted by molar-refractivity contribution is 6.04. The molecule has 6 atom stereocenters. The zero-order valence-electron chi connectivity index (χ0n) is 33.8. The number of hydrogen-bond donors (Lipinski definition) is 2. The minimum Gasteiger partial charge on any atom is -0.453 e.